The van der Waals surface area contributed by atoms with Gasteiger partial charge in [-0.1, -0.05) is 12.8 Å². The Balaban J connectivity index is 1.65. The summed E-state index contributed by atoms with van der Waals surface area (Å²) in [6.07, 6.45) is 6.89. The maximum absolute atomic E-state index is 12.7. The van der Waals surface area contributed by atoms with Crippen molar-refractivity contribution >= 4 is 34.1 Å². The van der Waals surface area contributed by atoms with Crippen molar-refractivity contribution in [3.63, 3.8) is 0 Å². The van der Waals surface area contributed by atoms with Gasteiger partial charge in [0.1, 0.15) is 5.00 Å². The van der Waals surface area contributed by atoms with E-state index in [1.165, 1.54) is 37.5 Å². The van der Waals surface area contributed by atoms with Crippen LogP contribution in [0.1, 0.15) is 66.2 Å². The molecule has 148 valence electrons. The lowest BCUT2D eigenvalue weighted by molar-refractivity contribution is -0.140. The van der Waals surface area contributed by atoms with Gasteiger partial charge in [0, 0.05) is 24.4 Å². The highest BCUT2D eigenvalue weighted by molar-refractivity contribution is 7.16. The molecule has 2 aliphatic rings. The maximum atomic E-state index is 12.7. The molecular formula is C20H28N2O4S. The summed E-state index contributed by atoms with van der Waals surface area (Å²) in [4.78, 5) is 39.6. The number of aryl methyl sites for hydroxylation is 1. The van der Waals surface area contributed by atoms with E-state index < -0.39 is 5.97 Å². The zero-order valence-electron chi connectivity index (χ0n) is 16.3. The summed E-state index contributed by atoms with van der Waals surface area (Å²) in [5, 5.41) is 3.17. The van der Waals surface area contributed by atoms with Crippen LogP contribution in [0.5, 0.6) is 0 Å². The first-order chi connectivity index (χ1) is 12.9. The first-order valence-corrected chi connectivity index (χ1v) is 10.5. The monoisotopic (exact) mass is 392 g/mol. The summed E-state index contributed by atoms with van der Waals surface area (Å²) in [7, 11) is 0. The average molecular weight is 393 g/mol. The predicted molar refractivity (Wildman–Crippen MR) is 105 cm³/mol. The molecule has 2 heterocycles. The van der Waals surface area contributed by atoms with Crippen LogP contribution in [-0.4, -0.2) is 41.9 Å². The number of hydrogen-bond donors (Lipinski definition) is 1. The minimum Gasteiger partial charge on any atom is -0.452 e. The number of anilines is 1. The molecule has 2 atom stereocenters. The number of piperidine rings is 1. The van der Waals surface area contributed by atoms with E-state index in [2.05, 4.69) is 5.32 Å². The van der Waals surface area contributed by atoms with E-state index in [9.17, 15) is 14.4 Å². The number of carbonyl (C=O) groups is 3. The highest BCUT2D eigenvalue weighted by Crippen LogP contribution is 2.36. The van der Waals surface area contributed by atoms with Gasteiger partial charge in [-0.2, -0.15) is 0 Å². The van der Waals surface area contributed by atoms with E-state index in [4.69, 9.17) is 4.74 Å². The summed E-state index contributed by atoms with van der Waals surface area (Å²) in [5.74, 6) is -0.296. The van der Waals surface area contributed by atoms with Crippen molar-refractivity contribution in [3.05, 3.63) is 16.0 Å². The second-order valence-electron chi connectivity index (χ2n) is 7.59. The summed E-state index contributed by atoms with van der Waals surface area (Å²) >= 11 is 1.35. The van der Waals surface area contributed by atoms with Crippen LogP contribution in [0.25, 0.3) is 0 Å². The van der Waals surface area contributed by atoms with Crippen LogP contribution in [0.15, 0.2) is 0 Å². The molecule has 7 heteroatoms. The number of nitrogens with one attached hydrogen (secondary N) is 1. The summed E-state index contributed by atoms with van der Waals surface area (Å²) < 4.78 is 5.36. The normalized spacial score (nSPS) is 22.1. The van der Waals surface area contributed by atoms with Crippen molar-refractivity contribution in [3.8, 4) is 0 Å². The third kappa shape index (κ3) is 4.34. The fourth-order valence-electron chi connectivity index (χ4n) is 4.34. The quantitative estimate of drug-likeness (QED) is 0.794. The highest BCUT2D eigenvalue weighted by Gasteiger charge is 2.36. The van der Waals surface area contributed by atoms with Crippen molar-refractivity contribution < 1.29 is 19.1 Å². The highest BCUT2D eigenvalue weighted by atomic mass is 32.1. The van der Waals surface area contributed by atoms with Crippen molar-refractivity contribution in [1.82, 2.24) is 4.90 Å². The van der Waals surface area contributed by atoms with Crippen LogP contribution >= 0.6 is 11.3 Å². The van der Waals surface area contributed by atoms with E-state index in [-0.39, 0.29) is 18.4 Å². The standard InChI is InChI=1S/C20H28N2O4S/c1-12-13(2)27-19(21-14(3)23)18(12)20(25)26-11-17(24)22-10-6-8-15-7-4-5-9-16(15)22/h15-16H,4-11H2,1-3H3,(H,21,23)/t15-,16+/m0/s1. The zero-order valence-corrected chi connectivity index (χ0v) is 17.1. The Kier molecular flexibility index (Phi) is 6.19. The summed E-state index contributed by atoms with van der Waals surface area (Å²) in [6.45, 7) is 5.64. The Morgan fingerprint density at radius 3 is 2.59 bits per heavy atom. The fraction of sp³-hybridized carbons (Fsp3) is 0.650. The molecule has 2 fully saturated rings. The fourth-order valence-corrected chi connectivity index (χ4v) is 5.43. The number of amides is 2. The van der Waals surface area contributed by atoms with E-state index in [1.54, 1.807) is 0 Å². The first-order valence-electron chi connectivity index (χ1n) is 9.72. The summed E-state index contributed by atoms with van der Waals surface area (Å²) in [6, 6.07) is 0.304. The second kappa shape index (κ2) is 8.42. The molecule has 0 aromatic carbocycles. The molecule has 0 unspecified atom stereocenters. The zero-order chi connectivity index (χ0) is 19.6. The number of hydrogen-bond acceptors (Lipinski definition) is 5. The Labute approximate surface area is 164 Å². The molecule has 1 aromatic rings. The van der Waals surface area contributed by atoms with Gasteiger partial charge in [0.2, 0.25) is 5.91 Å². The largest absolute Gasteiger partial charge is 0.452 e. The Morgan fingerprint density at radius 2 is 1.85 bits per heavy atom. The Bertz CT molecular complexity index is 741. The molecule has 2 amide bonds. The number of nitrogens with zero attached hydrogens (tertiary/aromatic N) is 1. The van der Waals surface area contributed by atoms with Crippen LogP contribution in [0.2, 0.25) is 0 Å². The molecule has 27 heavy (non-hydrogen) atoms. The lowest BCUT2D eigenvalue weighted by Gasteiger charge is -2.44. The Morgan fingerprint density at radius 1 is 1.15 bits per heavy atom. The van der Waals surface area contributed by atoms with Gasteiger partial charge in [-0.15, -0.1) is 11.3 Å². The van der Waals surface area contributed by atoms with E-state index in [0.29, 0.717) is 22.5 Å². The number of carbonyl (C=O) groups excluding carboxylic acids is 3. The van der Waals surface area contributed by atoms with Gasteiger partial charge in [0.25, 0.3) is 5.91 Å². The predicted octanol–water partition coefficient (Wildman–Crippen LogP) is 3.66. The lowest BCUT2D eigenvalue weighted by Crippen LogP contribution is -2.50. The smallest absolute Gasteiger partial charge is 0.341 e. The van der Waals surface area contributed by atoms with Crippen LogP contribution in [0, 0.1) is 19.8 Å². The molecule has 1 N–H and O–H groups in total. The third-order valence-electron chi connectivity index (χ3n) is 5.77. The molecule has 1 saturated heterocycles. The molecule has 1 saturated carbocycles. The molecule has 6 nitrogen and oxygen atoms in total. The number of rotatable bonds is 4. The van der Waals surface area contributed by atoms with Gasteiger partial charge in [-0.3, -0.25) is 9.59 Å². The average Bonchev–Trinajstić information content (AvgIpc) is 2.91. The van der Waals surface area contributed by atoms with E-state index in [1.807, 2.05) is 18.7 Å². The summed E-state index contributed by atoms with van der Waals surface area (Å²) in [5.41, 5.74) is 1.14. The molecule has 3 rings (SSSR count). The van der Waals surface area contributed by atoms with Gasteiger partial charge in [0.05, 0.1) is 5.56 Å². The van der Waals surface area contributed by atoms with Crippen molar-refractivity contribution in [2.45, 2.75) is 65.3 Å². The molecule has 1 aliphatic carbocycles. The van der Waals surface area contributed by atoms with E-state index >= 15 is 0 Å². The van der Waals surface area contributed by atoms with Crippen molar-refractivity contribution in [2.24, 2.45) is 5.92 Å². The molecule has 0 spiro atoms. The van der Waals surface area contributed by atoms with Gasteiger partial charge < -0.3 is 15.0 Å². The number of esters is 1. The van der Waals surface area contributed by atoms with Crippen LogP contribution < -0.4 is 5.32 Å². The lowest BCUT2D eigenvalue weighted by atomic mass is 9.78. The topological polar surface area (TPSA) is 75.7 Å². The van der Waals surface area contributed by atoms with Crippen molar-refractivity contribution in [1.29, 1.82) is 0 Å². The van der Waals surface area contributed by atoms with Gasteiger partial charge >= 0.3 is 5.97 Å². The van der Waals surface area contributed by atoms with Crippen LogP contribution in [0.3, 0.4) is 0 Å². The number of ether oxygens (including phenoxy) is 1. The van der Waals surface area contributed by atoms with Crippen molar-refractivity contribution in [2.75, 3.05) is 18.5 Å². The molecule has 0 radical (unpaired) electrons. The minimum absolute atomic E-state index is 0.106. The SMILES string of the molecule is CC(=O)Nc1sc(C)c(C)c1C(=O)OCC(=O)N1CCC[C@@H]2CCCC[C@H]21. The van der Waals surface area contributed by atoms with E-state index in [0.717, 1.165) is 36.2 Å². The minimum atomic E-state index is -0.550. The number of likely N-dealkylation sites (tertiary alicyclic amines) is 1. The molecule has 0 bridgehead atoms. The third-order valence-corrected chi connectivity index (χ3v) is 6.89. The molecule has 1 aromatic heterocycles. The van der Waals surface area contributed by atoms with Gasteiger partial charge in [-0.25, -0.2) is 4.79 Å². The van der Waals surface area contributed by atoms with Crippen LogP contribution in [-0.2, 0) is 14.3 Å². The van der Waals surface area contributed by atoms with Crippen LogP contribution in [0.4, 0.5) is 5.00 Å². The number of thiophene rings is 1. The Hall–Kier alpha value is -1.89. The first kappa shape index (κ1) is 19.9. The van der Waals surface area contributed by atoms with Gasteiger partial charge in [-0.05, 0) is 51.0 Å². The molecular weight excluding hydrogens is 364 g/mol. The molecule has 1 aliphatic heterocycles. The van der Waals surface area contributed by atoms with Gasteiger partial charge in [0.15, 0.2) is 6.61 Å². The maximum Gasteiger partial charge on any atom is 0.341 e. The number of fused-ring (bicyclic) bond motifs is 1. The second-order valence-corrected chi connectivity index (χ2v) is 8.81.